The van der Waals surface area contributed by atoms with E-state index in [2.05, 4.69) is 10.6 Å². The number of halogens is 3. The highest BCUT2D eigenvalue weighted by Crippen LogP contribution is 2.29. The van der Waals surface area contributed by atoms with Crippen LogP contribution in [0.1, 0.15) is 11.1 Å². The molecule has 3 nitrogen and oxygen atoms in total. The second-order valence-electron chi connectivity index (χ2n) is 4.95. The standard InChI is InChI=1S/C16H16F3N3S/c17-16(18,19)12-3-1-2-11(10-12)8-9-21-15(23)22-14-6-4-13(20)5-7-14/h1-7,10H,8-9,20H2,(H2,21,22,23). The first-order chi connectivity index (χ1) is 10.8. The highest BCUT2D eigenvalue weighted by atomic mass is 32.1. The van der Waals surface area contributed by atoms with Gasteiger partial charge in [0, 0.05) is 17.9 Å². The van der Waals surface area contributed by atoms with Gasteiger partial charge in [0.05, 0.1) is 5.56 Å². The van der Waals surface area contributed by atoms with Crippen LogP contribution in [0.5, 0.6) is 0 Å². The number of thiocarbonyl (C=S) groups is 1. The van der Waals surface area contributed by atoms with Crippen LogP contribution in [0, 0.1) is 0 Å². The minimum absolute atomic E-state index is 0.404. The second kappa shape index (κ2) is 7.32. The smallest absolute Gasteiger partial charge is 0.399 e. The Balaban J connectivity index is 1.82. The van der Waals surface area contributed by atoms with Gasteiger partial charge < -0.3 is 16.4 Å². The number of hydrogen-bond donors (Lipinski definition) is 3. The van der Waals surface area contributed by atoms with E-state index in [0.29, 0.717) is 29.3 Å². The van der Waals surface area contributed by atoms with Crippen LogP contribution in [0.25, 0.3) is 0 Å². The maximum absolute atomic E-state index is 12.6. The SMILES string of the molecule is Nc1ccc(NC(=S)NCCc2cccc(C(F)(F)F)c2)cc1. The molecule has 122 valence electrons. The van der Waals surface area contributed by atoms with Crippen LogP contribution in [0.2, 0.25) is 0 Å². The predicted molar refractivity (Wildman–Crippen MR) is 90.2 cm³/mol. The molecule has 0 fully saturated rings. The van der Waals surface area contributed by atoms with Gasteiger partial charge in [0.15, 0.2) is 5.11 Å². The van der Waals surface area contributed by atoms with Crippen molar-refractivity contribution in [1.29, 1.82) is 0 Å². The summed E-state index contributed by atoms with van der Waals surface area (Å²) in [6, 6.07) is 12.3. The van der Waals surface area contributed by atoms with Crippen LogP contribution in [0.15, 0.2) is 48.5 Å². The summed E-state index contributed by atoms with van der Waals surface area (Å²) < 4.78 is 37.9. The van der Waals surface area contributed by atoms with Gasteiger partial charge in [-0.15, -0.1) is 0 Å². The lowest BCUT2D eigenvalue weighted by Crippen LogP contribution is -2.30. The lowest BCUT2D eigenvalue weighted by atomic mass is 10.1. The van der Waals surface area contributed by atoms with Crippen molar-refractivity contribution in [3.8, 4) is 0 Å². The molecule has 4 N–H and O–H groups in total. The highest BCUT2D eigenvalue weighted by molar-refractivity contribution is 7.80. The van der Waals surface area contributed by atoms with Crippen molar-refractivity contribution in [2.75, 3.05) is 17.6 Å². The van der Waals surface area contributed by atoms with Crippen molar-refractivity contribution in [1.82, 2.24) is 5.32 Å². The molecular formula is C16H16F3N3S. The molecule has 2 aromatic rings. The molecule has 2 aromatic carbocycles. The summed E-state index contributed by atoms with van der Waals surface area (Å²) in [7, 11) is 0. The topological polar surface area (TPSA) is 50.1 Å². The van der Waals surface area contributed by atoms with E-state index in [0.717, 1.165) is 17.8 Å². The Morgan fingerprint density at radius 1 is 1.09 bits per heavy atom. The fourth-order valence-electron chi connectivity index (χ4n) is 1.97. The first-order valence-corrected chi connectivity index (χ1v) is 7.32. The summed E-state index contributed by atoms with van der Waals surface area (Å²) >= 11 is 5.14. The van der Waals surface area contributed by atoms with Crippen LogP contribution in [0.3, 0.4) is 0 Å². The fraction of sp³-hybridized carbons (Fsp3) is 0.188. The largest absolute Gasteiger partial charge is 0.416 e. The van der Waals surface area contributed by atoms with Crippen molar-refractivity contribution >= 4 is 28.7 Å². The molecule has 0 amide bonds. The number of nitrogens with one attached hydrogen (secondary N) is 2. The van der Waals surface area contributed by atoms with E-state index in [-0.39, 0.29) is 0 Å². The van der Waals surface area contributed by atoms with Gasteiger partial charge in [-0.05, 0) is 54.5 Å². The van der Waals surface area contributed by atoms with Crippen LogP contribution < -0.4 is 16.4 Å². The number of rotatable bonds is 4. The molecule has 0 unspecified atom stereocenters. The quantitative estimate of drug-likeness (QED) is 0.585. The molecule has 0 saturated heterocycles. The highest BCUT2D eigenvalue weighted by Gasteiger charge is 2.30. The Hall–Kier alpha value is -2.28. The molecule has 0 aliphatic heterocycles. The van der Waals surface area contributed by atoms with Gasteiger partial charge in [-0.1, -0.05) is 18.2 Å². The predicted octanol–water partition coefficient (Wildman–Crippen LogP) is 3.82. The van der Waals surface area contributed by atoms with Gasteiger partial charge >= 0.3 is 6.18 Å². The number of nitrogen functional groups attached to an aromatic ring is 1. The number of hydrogen-bond acceptors (Lipinski definition) is 2. The Kier molecular flexibility index (Phi) is 5.44. The number of anilines is 2. The molecule has 0 atom stereocenters. The van der Waals surface area contributed by atoms with Gasteiger partial charge in [0.2, 0.25) is 0 Å². The third-order valence-corrected chi connectivity index (χ3v) is 3.37. The van der Waals surface area contributed by atoms with Crippen molar-refractivity contribution in [3.63, 3.8) is 0 Å². The van der Waals surface area contributed by atoms with Crippen molar-refractivity contribution in [2.24, 2.45) is 0 Å². The van der Waals surface area contributed by atoms with E-state index in [1.807, 2.05) is 0 Å². The Bertz CT molecular complexity index is 669. The monoisotopic (exact) mass is 339 g/mol. The maximum atomic E-state index is 12.6. The van der Waals surface area contributed by atoms with Crippen molar-refractivity contribution in [3.05, 3.63) is 59.7 Å². The lowest BCUT2D eigenvalue weighted by molar-refractivity contribution is -0.137. The summed E-state index contributed by atoms with van der Waals surface area (Å²) in [6.07, 6.45) is -3.89. The van der Waals surface area contributed by atoms with Crippen molar-refractivity contribution < 1.29 is 13.2 Å². The lowest BCUT2D eigenvalue weighted by Gasteiger charge is -2.12. The van der Waals surface area contributed by atoms with Gasteiger partial charge in [-0.2, -0.15) is 13.2 Å². The van der Waals surface area contributed by atoms with E-state index in [1.165, 1.54) is 6.07 Å². The zero-order chi connectivity index (χ0) is 16.9. The molecular weight excluding hydrogens is 323 g/mol. The summed E-state index contributed by atoms with van der Waals surface area (Å²) in [5.41, 5.74) is 6.99. The van der Waals surface area contributed by atoms with Crippen LogP contribution in [0.4, 0.5) is 24.5 Å². The molecule has 0 aromatic heterocycles. The zero-order valence-electron chi connectivity index (χ0n) is 12.2. The maximum Gasteiger partial charge on any atom is 0.416 e. The van der Waals surface area contributed by atoms with Gasteiger partial charge in [-0.3, -0.25) is 0 Å². The molecule has 2 rings (SSSR count). The first kappa shape index (κ1) is 17.1. The molecule has 0 bridgehead atoms. The number of alkyl halides is 3. The summed E-state index contributed by atoms with van der Waals surface area (Å²) in [5.74, 6) is 0. The molecule has 0 heterocycles. The van der Waals surface area contributed by atoms with E-state index in [1.54, 1.807) is 30.3 Å². The third-order valence-electron chi connectivity index (χ3n) is 3.12. The summed E-state index contributed by atoms with van der Waals surface area (Å²) in [6.45, 7) is 0.433. The minimum atomic E-state index is -4.32. The third kappa shape index (κ3) is 5.45. The average molecular weight is 339 g/mol. The van der Waals surface area contributed by atoms with Crippen LogP contribution in [-0.4, -0.2) is 11.7 Å². The van der Waals surface area contributed by atoms with Gasteiger partial charge in [0.25, 0.3) is 0 Å². The normalized spacial score (nSPS) is 11.1. The second-order valence-corrected chi connectivity index (χ2v) is 5.36. The Morgan fingerprint density at radius 2 is 1.78 bits per heavy atom. The Morgan fingerprint density at radius 3 is 2.43 bits per heavy atom. The summed E-state index contributed by atoms with van der Waals surface area (Å²) in [5, 5.41) is 6.34. The molecule has 0 radical (unpaired) electrons. The molecule has 0 aliphatic rings. The summed E-state index contributed by atoms with van der Waals surface area (Å²) in [4.78, 5) is 0. The average Bonchev–Trinajstić information content (AvgIpc) is 2.49. The fourth-order valence-corrected chi connectivity index (χ4v) is 2.19. The molecule has 0 saturated carbocycles. The van der Waals surface area contributed by atoms with Crippen molar-refractivity contribution in [2.45, 2.75) is 12.6 Å². The molecule has 7 heteroatoms. The number of nitrogens with two attached hydrogens (primary N) is 1. The zero-order valence-corrected chi connectivity index (χ0v) is 13.0. The Labute approximate surface area is 137 Å². The van der Waals surface area contributed by atoms with Gasteiger partial charge in [0.1, 0.15) is 0 Å². The van der Waals surface area contributed by atoms with E-state index < -0.39 is 11.7 Å². The van der Waals surface area contributed by atoms with Crippen LogP contribution >= 0.6 is 12.2 Å². The van der Waals surface area contributed by atoms with E-state index in [9.17, 15) is 13.2 Å². The van der Waals surface area contributed by atoms with Crippen LogP contribution in [-0.2, 0) is 12.6 Å². The first-order valence-electron chi connectivity index (χ1n) is 6.91. The van der Waals surface area contributed by atoms with E-state index >= 15 is 0 Å². The minimum Gasteiger partial charge on any atom is -0.399 e. The van der Waals surface area contributed by atoms with Gasteiger partial charge in [-0.25, -0.2) is 0 Å². The number of benzene rings is 2. The molecule has 0 spiro atoms. The molecule has 23 heavy (non-hydrogen) atoms. The van der Waals surface area contributed by atoms with E-state index in [4.69, 9.17) is 18.0 Å². The molecule has 0 aliphatic carbocycles.